The first-order valence-electron chi connectivity index (χ1n) is 8.88. The minimum atomic E-state index is -4.38. The van der Waals surface area contributed by atoms with Crippen molar-refractivity contribution in [3.63, 3.8) is 0 Å². The lowest BCUT2D eigenvalue weighted by molar-refractivity contribution is -0.137. The summed E-state index contributed by atoms with van der Waals surface area (Å²) in [6.07, 6.45) is -0.511. The first-order chi connectivity index (χ1) is 13.3. The Bertz CT molecular complexity index is 1100. The Labute approximate surface area is 159 Å². The average Bonchev–Trinajstić information content (AvgIpc) is 2.66. The largest absolute Gasteiger partial charge is 0.478 e. The highest BCUT2D eigenvalue weighted by atomic mass is 19.4. The first-order valence-corrected chi connectivity index (χ1v) is 8.88. The quantitative estimate of drug-likeness (QED) is 0.606. The molecule has 3 aromatic rings. The molecule has 1 aliphatic rings. The minimum absolute atomic E-state index is 0.263. The van der Waals surface area contributed by atoms with Gasteiger partial charge in [0, 0.05) is 5.39 Å². The number of hydrogen-bond donors (Lipinski definition) is 1. The number of halogens is 3. The predicted octanol–water partition coefficient (Wildman–Crippen LogP) is 5.83. The molecule has 0 saturated heterocycles. The van der Waals surface area contributed by atoms with Crippen molar-refractivity contribution in [2.45, 2.75) is 25.4 Å². The summed E-state index contributed by atoms with van der Waals surface area (Å²) < 4.78 is 38.3. The molecule has 0 fully saturated rings. The van der Waals surface area contributed by atoms with Gasteiger partial charge in [0.2, 0.25) is 0 Å². The van der Waals surface area contributed by atoms with Crippen LogP contribution >= 0.6 is 0 Å². The van der Waals surface area contributed by atoms with Crippen molar-refractivity contribution in [1.82, 2.24) is 4.98 Å². The van der Waals surface area contributed by atoms with Crippen molar-refractivity contribution >= 4 is 28.5 Å². The maximum absolute atomic E-state index is 12.8. The highest BCUT2D eigenvalue weighted by molar-refractivity contribution is 6.05. The Morgan fingerprint density at radius 2 is 1.75 bits per heavy atom. The van der Waals surface area contributed by atoms with Gasteiger partial charge in [0.05, 0.1) is 22.3 Å². The molecule has 1 aromatic heterocycles. The van der Waals surface area contributed by atoms with E-state index in [-0.39, 0.29) is 5.56 Å². The summed E-state index contributed by atoms with van der Waals surface area (Å²) in [6.45, 7) is 0. The molecule has 28 heavy (non-hydrogen) atoms. The molecule has 0 saturated carbocycles. The number of carboxylic acids is 1. The van der Waals surface area contributed by atoms with Gasteiger partial charge in [0.25, 0.3) is 0 Å². The van der Waals surface area contributed by atoms with Crippen molar-refractivity contribution in [1.29, 1.82) is 0 Å². The first kappa shape index (κ1) is 18.2. The van der Waals surface area contributed by atoms with E-state index in [1.54, 1.807) is 30.3 Å². The lowest BCUT2D eigenvalue weighted by Crippen LogP contribution is -2.13. The van der Waals surface area contributed by atoms with Gasteiger partial charge in [-0.25, -0.2) is 9.78 Å². The molecule has 1 aliphatic carbocycles. The summed E-state index contributed by atoms with van der Waals surface area (Å²) in [5.41, 5.74) is 2.95. The second-order valence-corrected chi connectivity index (χ2v) is 6.78. The zero-order valence-electron chi connectivity index (χ0n) is 14.8. The van der Waals surface area contributed by atoms with E-state index >= 15 is 0 Å². The third kappa shape index (κ3) is 3.26. The van der Waals surface area contributed by atoms with E-state index in [2.05, 4.69) is 4.98 Å². The van der Waals surface area contributed by atoms with Gasteiger partial charge in [-0.1, -0.05) is 30.3 Å². The molecule has 0 unspecified atom stereocenters. The fraction of sp³-hybridized carbons (Fsp3) is 0.182. The fourth-order valence-electron chi connectivity index (χ4n) is 3.69. The zero-order valence-corrected chi connectivity index (χ0v) is 14.8. The molecule has 2 aromatic carbocycles. The highest BCUT2D eigenvalue weighted by Gasteiger charge is 2.30. The molecule has 6 heteroatoms. The van der Waals surface area contributed by atoms with Gasteiger partial charge < -0.3 is 5.11 Å². The number of benzene rings is 2. The Hall–Kier alpha value is -3.15. The van der Waals surface area contributed by atoms with Crippen LogP contribution in [0.3, 0.4) is 0 Å². The molecule has 0 aliphatic heterocycles. The van der Waals surface area contributed by atoms with Crippen LogP contribution in [-0.2, 0) is 12.6 Å². The molecule has 1 N–H and O–H groups in total. The second-order valence-electron chi connectivity index (χ2n) is 6.78. The Balaban J connectivity index is 1.85. The molecular formula is C22H16F3NO2. The number of hydrogen-bond acceptors (Lipinski definition) is 2. The van der Waals surface area contributed by atoms with Gasteiger partial charge in [0.1, 0.15) is 0 Å². The molecule has 3 nitrogen and oxygen atoms in total. The molecule has 0 bridgehead atoms. The topological polar surface area (TPSA) is 50.2 Å². The summed E-state index contributed by atoms with van der Waals surface area (Å²) in [7, 11) is 0. The molecule has 0 spiro atoms. The summed E-state index contributed by atoms with van der Waals surface area (Å²) in [5.74, 6) is -0.995. The predicted molar refractivity (Wildman–Crippen MR) is 101 cm³/mol. The van der Waals surface area contributed by atoms with E-state index in [9.17, 15) is 23.1 Å². The fourth-order valence-corrected chi connectivity index (χ4v) is 3.69. The Kier molecular flexibility index (Phi) is 4.41. The minimum Gasteiger partial charge on any atom is -0.478 e. The number of fused-ring (bicyclic) bond motifs is 2. The SMILES string of the molecule is O=C(O)c1c2c(nc3ccccc13)C(=Cc1ccc(C(F)(F)F)cc1)CCC2. The van der Waals surface area contributed by atoms with Gasteiger partial charge in [-0.3, -0.25) is 0 Å². The van der Waals surface area contributed by atoms with Gasteiger partial charge in [-0.15, -0.1) is 0 Å². The number of rotatable bonds is 2. The lowest BCUT2D eigenvalue weighted by Gasteiger charge is -2.21. The number of para-hydroxylation sites is 1. The maximum Gasteiger partial charge on any atom is 0.416 e. The Morgan fingerprint density at radius 3 is 2.43 bits per heavy atom. The monoisotopic (exact) mass is 383 g/mol. The van der Waals surface area contributed by atoms with Crippen LogP contribution in [0.25, 0.3) is 22.6 Å². The highest BCUT2D eigenvalue weighted by Crippen LogP contribution is 2.36. The number of aromatic carboxylic acids is 1. The number of nitrogens with zero attached hydrogens (tertiary/aromatic N) is 1. The Morgan fingerprint density at radius 1 is 1.04 bits per heavy atom. The van der Waals surface area contributed by atoms with E-state index in [1.165, 1.54) is 12.1 Å². The van der Waals surface area contributed by atoms with Crippen LogP contribution in [0.5, 0.6) is 0 Å². The van der Waals surface area contributed by atoms with Crippen LogP contribution < -0.4 is 0 Å². The molecule has 0 amide bonds. The van der Waals surface area contributed by atoms with Gasteiger partial charge in [0.15, 0.2) is 0 Å². The third-order valence-electron chi connectivity index (χ3n) is 4.96. The van der Waals surface area contributed by atoms with Crippen molar-refractivity contribution < 1.29 is 23.1 Å². The number of carboxylic acid groups (broad SMARTS) is 1. The second kappa shape index (κ2) is 6.78. The summed E-state index contributed by atoms with van der Waals surface area (Å²) in [6, 6.07) is 12.0. The van der Waals surface area contributed by atoms with Crippen LogP contribution in [-0.4, -0.2) is 16.1 Å². The number of carbonyl (C=O) groups is 1. The molecule has 0 radical (unpaired) electrons. The summed E-state index contributed by atoms with van der Waals surface area (Å²) in [5, 5.41) is 10.4. The van der Waals surface area contributed by atoms with Gasteiger partial charge in [-0.2, -0.15) is 13.2 Å². The standard InChI is InChI=1S/C22H16F3NO2/c23-22(24,25)15-10-8-13(9-11-15)12-14-4-3-6-17-19(21(27)28)16-5-1-2-7-18(16)26-20(14)17/h1-2,5,7-12H,3-4,6H2,(H,27,28). The van der Waals surface area contributed by atoms with E-state index < -0.39 is 17.7 Å². The third-order valence-corrected chi connectivity index (χ3v) is 4.96. The van der Waals surface area contributed by atoms with Crippen molar-refractivity contribution in [2.75, 3.05) is 0 Å². The van der Waals surface area contributed by atoms with Crippen LogP contribution in [0.4, 0.5) is 13.2 Å². The van der Waals surface area contributed by atoms with Crippen LogP contribution in [0.2, 0.25) is 0 Å². The van der Waals surface area contributed by atoms with E-state index in [1.807, 2.05) is 0 Å². The smallest absolute Gasteiger partial charge is 0.416 e. The number of aromatic nitrogens is 1. The van der Waals surface area contributed by atoms with E-state index in [0.29, 0.717) is 40.6 Å². The maximum atomic E-state index is 12.8. The molecule has 1 heterocycles. The number of alkyl halides is 3. The molecule has 0 atom stereocenters. The number of pyridine rings is 1. The van der Waals surface area contributed by atoms with E-state index in [4.69, 9.17) is 0 Å². The molecular weight excluding hydrogens is 367 g/mol. The van der Waals surface area contributed by atoms with Crippen molar-refractivity contribution in [2.24, 2.45) is 0 Å². The summed E-state index contributed by atoms with van der Waals surface area (Å²) in [4.78, 5) is 16.6. The van der Waals surface area contributed by atoms with Gasteiger partial charge in [-0.05, 0) is 60.2 Å². The number of allylic oxidation sites excluding steroid dienone is 1. The van der Waals surface area contributed by atoms with Crippen LogP contribution in [0.1, 0.15) is 45.6 Å². The van der Waals surface area contributed by atoms with Crippen molar-refractivity contribution in [3.8, 4) is 0 Å². The molecule has 4 rings (SSSR count). The van der Waals surface area contributed by atoms with Crippen LogP contribution in [0, 0.1) is 0 Å². The van der Waals surface area contributed by atoms with Crippen molar-refractivity contribution in [3.05, 3.63) is 76.5 Å². The zero-order chi connectivity index (χ0) is 19.9. The molecule has 142 valence electrons. The average molecular weight is 383 g/mol. The lowest BCUT2D eigenvalue weighted by atomic mass is 9.86. The summed E-state index contributed by atoms with van der Waals surface area (Å²) >= 11 is 0. The van der Waals surface area contributed by atoms with E-state index in [0.717, 1.165) is 24.1 Å². The van der Waals surface area contributed by atoms with Crippen LogP contribution in [0.15, 0.2) is 48.5 Å². The normalized spacial score (nSPS) is 15.6. The van der Waals surface area contributed by atoms with Gasteiger partial charge >= 0.3 is 12.1 Å².